The van der Waals surface area contributed by atoms with E-state index in [0.29, 0.717) is 5.92 Å². The first-order valence-corrected chi connectivity index (χ1v) is 9.85. The maximum Gasteiger partial charge on any atom is 0.417 e. The van der Waals surface area contributed by atoms with Crippen LogP contribution in [-0.2, 0) is 22.3 Å². The zero-order valence-corrected chi connectivity index (χ0v) is 16.2. The number of halogens is 4. The van der Waals surface area contributed by atoms with Crippen LogP contribution >= 0.6 is 22.9 Å². The summed E-state index contributed by atoms with van der Waals surface area (Å²) in [5, 5.41) is 7.57. The van der Waals surface area contributed by atoms with Crippen LogP contribution in [0.25, 0.3) is 0 Å². The third-order valence-corrected chi connectivity index (χ3v) is 5.48. The first kappa shape index (κ1) is 20.6. The highest BCUT2D eigenvalue weighted by Gasteiger charge is 2.33. The second-order valence-electron chi connectivity index (χ2n) is 6.47. The van der Waals surface area contributed by atoms with Gasteiger partial charge in [0, 0.05) is 29.8 Å². The Labute approximate surface area is 168 Å². The molecule has 2 N–H and O–H groups in total. The Morgan fingerprint density at radius 2 is 1.93 bits per heavy atom. The summed E-state index contributed by atoms with van der Waals surface area (Å²) in [4.78, 5) is 28.2. The van der Waals surface area contributed by atoms with E-state index in [9.17, 15) is 22.8 Å². The smallest absolute Gasteiger partial charge is 0.350 e. The Morgan fingerprint density at radius 3 is 2.61 bits per heavy atom. The van der Waals surface area contributed by atoms with Crippen molar-refractivity contribution in [3.05, 3.63) is 44.9 Å². The van der Waals surface area contributed by atoms with Crippen LogP contribution in [0, 0.1) is 0 Å². The number of nitrogens with one attached hydrogen (secondary N) is 2. The lowest BCUT2D eigenvalue weighted by Gasteiger charge is -2.11. The molecule has 1 heterocycles. The van der Waals surface area contributed by atoms with E-state index < -0.39 is 22.7 Å². The van der Waals surface area contributed by atoms with Crippen LogP contribution < -0.4 is 10.6 Å². The largest absolute Gasteiger partial charge is 0.417 e. The summed E-state index contributed by atoms with van der Waals surface area (Å²) in [6, 6.07) is 3.10. The molecule has 2 aromatic rings. The molecule has 0 aliphatic heterocycles. The molecule has 1 aliphatic carbocycles. The molecule has 1 aromatic carbocycles. The fraction of sp³-hybridized carbons (Fsp3) is 0.389. The molecule has 3 rings (SSSR count). The van der Waals surface area contributed by atoms with Crippen molar-refractivity contribution in [1.29, 1.82) is 0 Å². The van der Waals surface area contributed by atoms with Crippen molar-refractivity contribution in [2.24, 2.45) is 0 Å². The Bertz CT molecular complexity index is 881. The molecule has 0 bridgehead atoms. The van der Waals surface area contributed by atoms with Crippen molar-refractivity contribution in [2.75, 3.05) is 5.32 Å². The van der Waals surface area contributed by atoms with Crippen molar-refractivity contribution in [3.63, 3.8) is 0 Å². The van der Waals surface area contributed by atoms with Crippen molar-refractivity contribution < 1.29 is 22.8 Å². The maximum atomic E-state index is 12.8. The van der Waals surface area contributed by atoms with E-state index in [2.05, 4.69) is 15.6 Å². The molecule has 150 valence electrons. The van der Waals surface area contributed by atoms with Crippen LogP contribution in [0.4, 0.5) is 18.9 Å². The van der Waals surface area contributed by atoms with E-state index in [0.717, 1.165) is 35.7 Å². The monoisotopic (exact) mass is 431 g/mol. The predicted molar refractivity (Wildman–Crippen MR) is 100 cm³/mol. The summed E-state index contributed by atoms with van der Waals surface area (Å²) in [6.07, 6.45) is -2.53. The molecule has 2 amide bonds. The summed E-state index contributed by atoms with van der Waals surface area (Å²) < 4.78 is 38.5. The van der Waals surface area contributed by atoms with E-state index in [1.807, 2.05) is 5.38 Å². The average molecular weight is 432 g/mol. The number of thiazole rings is 1. The Hall–Kier alpha value is -2.13. The highest BCUT2D eigenvalue weighted by Crippen LogP contribution is 2.41. The Balaban J connectivity index is 1.44. The topological polar surface area (TPSA) is 71.1 Å². The maximum absolute atomic E-state index is 12.8. The lowest BCUT2D eigenvalue weighted by Crippen LogP contribution is -2.24. The Morgan fingerprint density at radius 1 is 1.21 bits per heavy atom. The zero-order valence-electron chi connectivity index (χ0n) is 14.6. The van der Waals surface area contributed by atoms with Crippen LogP contribution in [0.3, 0.4) is 0 Å². The van der Waals surface area contributed by atoms with Crippen LogP contribution in [0.2, 0.25) is 5.02 Å². The van der Waals surface area contributed by atoms with E-state index in [-0.39, 0.29) is 31.0 Å². The van der Waals surface area contributed by atoms with Crippen LogP contribution in [-0.4, -0.2) is 16.8 Å². The highest BCUT2D eigenvalue weighted by molar-refractivity contribution is 7.09. The van der Waals surface area contributed by atoms with Gasteiger partial charge in [0.25, 0.3) is 0 Å². The van der Waals surface area contributed by atoms with Gasteiger partial charge in [-0.15, -0.1) is 11.3 Å². The molecule has 1 aliphatic rings. The number of hydrogen-bond donors (Lipinski definition) is 2. The molecule has 0 saturated heterocycles. The van der Waals surface area contributed by atoms with Gasteiger partial charge in [-0.3, -0.25) is 9.59 Å². The van der Waals surface area contributed by atoms with Gasteiger partial charge in [-0.1, -0.05) is 11.6 Å². The minimum Gasteiger partial charge on any atom is -0.350 e. The van der Waals surface area contributed by atoms with Crippen molar-refractivity contribution in [1.82, 2.24) is 10.3 Å². The third-order valence-electron chi connectivity index (χ3n) is 4.10. The quantitative estimate of drug-likeness (QED) is 0.665. The molecule has 1 aromatic heterocycles. The first-order valence-electron chi connectivity index (χ1n) is 8.60. The van der Waals surface area contributed by atoms with Crippen LogP contribution in [0.15, 0.2) is 23.6 Å². The number of rotatable bonds is 7. The van der Waals surface area contributed by atoms with Gasteiger partial charge in [0.05, 0.1) is 27.8 Å². The number of anilines is 1. The lowest BCUT2D eigenvalue weighted by molar-refractivity contribution is -0.137. The first-order chi connectivity index (χ1) is 13.2. The molecule has 10 heteroatoms. The van der Waals surface area contributed by atoms with Crippen molar-refractivity contribution in [3.8, 4) is 0 Å². The minimum atomic E-state index is -4.62. The van der Waals surface area contributed by atoms with Gasteiger partial charge < -0.3 is 10.6 Å². The van der Waals surface area contributed by atoms with Gasteiger partial charge in [-0.25, -0.2) is 4.98 Å². The van der Waals surface area contributed by atoms with Gasteiger partial charge in [-0.2, -0.15) is 13.2 Å². The molecule has 5 nitrogen and oxygen atoms in total. The highest BCUT2D eigenvalue weighted by atomic mass is 35.5. The molecule has 0 radical (unpaired) electrons. The number of aromatic nitrogens is 1. The second kappa shape index (κ2) is 8.48. The summed E-state index contributed by atoms with van der Waals surface area (Å²) in [6.45, 7) is 0.287. The van der Waals surface area contributed by atoms with E-state index >= 15 is 0 Å². The van der Waals surface area contributed by atoms with E-state index in [1.54, 1.807) is 11.3 Å². The van der Waals surface area contributed by atoms with Gasteiger partial charge in [-0.05, 0) is 31.0 Å². The lowest BCUT2D eigenvalue weighted by atomic mass is 10.2. The molecule has 0 atom stereocenters. The standard InChI is InChI=1S/C18H17ClF3N3O2S/c19-14-4-3-11(7-13(14)18(20,21)22)24-16(27)6-5-15(26)23-8-12-9-28-17(25-12)10-1-2-10/h3-4,7,9-10H,1-2,5-6,8H2,(H,23,26)(H,24,27). The van der Waals surface area contributed by atoms with Crippen molar-refractivity contribution >= 4 is 40.4 Å². The number of alkyl halides is 3. The molecule has 28 heavy (non-hydrogen) atoms. The number of benzene rings is 1. The van der Waals surface area contributed by atoms with Gasteiger partial charge >= 0.3 is 6.18 Å². The summed E-state index contributed by atoms with van der Waals surface area (Å²) in [5.74, 6) is -0.331. The average Bonchev–Trinajstić information content (AvgIpc) is 3.37. The Kier molecular flexibility index (Phi) is 6.24. The number of carbonyl (C=O) groups excluding carboxylic acids is 2. The zero-order chi connectivity index (χ0) is 20.3. The van der Waals surface area contributed by atoms with Crippen LogP contribution in [0.1, 0.15) is 47.9 Å². The fourth-order valence-electron chi connectivity index (χ4n) is 2.47. The summed E-state index contributed by atoms with van der Waals surface area (Å²) in [7, 11) is 0. The molecule has 0 spiro atoms. The van der Waals surface area contributed by atoms with Gasteiger partial charge in [0.15, 0.2) is 0 Å². The number of amides is 2. The number of carbonyl (C=O) groups is 2. The second-order valence-corrected chi connectivity index (χ2v) is 7.77. The third kappa shape index (κ3) is 5.68. The normalized spacial score (nSPS) is 14.0. The molecule has 1 fully saturated rings. The number of hydrogen-bond acceptors (Lipinski definition) is 4. The van der Waals surface area contributed by atoms with Crippen molar-refractivity contribution in [2.45, 2.75) is 44.3 Å². The molecule has 1 saturated carbocycles. The summed E-state index contributed by atoms with van der Waals surface area (Å²) >= 11 is 7.12. The minimum absolute atomic E-state index is 0.0304. The van der Waals surface area contributed by atoms with Gasteiger partial charge in [0.2, 0.25) is 11.8 Å². The molecule has 0 unspecified atom stereocenters. The van der Waals surface area contributed by atoms with E-state index in [1.165, 1.54) is 6.07 Å². The predicted octanol–water partition coefficient (Wildman–Crippen LogP) is 4.73. The molecular weight excluding hydrogens is 415 g/mol. The fourth-order valence-corrected chi connectivity index (χ4v) is 3.69. The summed E-state index contributed by atoms with van der Waals surface area (Å²) in [5.41, 5.74) is -0.277. The number of nitrogens with zero attached hydrogens (tertiary/aromatic N) is 1. The van der Waals surface area contributed by atoms with Crippen LogP contribution in [0.5, 0.6) is 0 Å². The SMILES string of the molecule is O=C(CCC(=O)Nc1ccc(Cl)c(C(F)(F)F)c1)NCc1csc(C2CC2)n1. The van der Waals surface area contributed by atoms with Gasteiger partial charge in [0.1, 0.15) is 0 Å². The molecular formula is C18H17ClF3N3O2S. The van der Waals surface area contributed by atoms with E-state index in [4.69, 9.17) is 11.6 Å².